The number of piperazine rings is 1. The quantitative estimate of drug-likeness (QED) is 0.772. The Hall–Kier alpha value is -1.11. The van der Waals surface area contributed by atoms with E-state index in [0.717, 1.165) is 25.5 Å². The van der Waals surface area contributed by atoms with Gasteiger partial charge in [-0.1, -0.05) is 19.3 Å². The van der Waals surface area contributed by atoms with Crippen LogP contribution in [0.4, 0.5) is 0 Å². The first-order chi connectivity index (χ1) is 8.82. The van der Waals surface area contributed by atoms with E-state index in [2.05, 4.69) is 5.32 Å². The maximum absolute atomic E-state index is 12.5. The first kappa shape index (κ1) is 14.3. The van der Waals surface area contributed by atoms with Gasteiger partial charge in [0.25, 0.3) is 0 Å². The molecule has 1 aliphatic heterocycles. The molecule has 0 aromatic rings. The average Bonchev–Trinajstić information content (AvgIpc) is 2.32. The minimum Gasteiger partial charge on any atom is -0.340 e. The lowest BCUT2D eigenvalue weighted by molar-refractivity contribution is -0.151. The van der Waals surface area contributed by atoms with Crippen molar-refractivity contribution in [2.45, 2.75) is 37.6 Å². The third kappa shape index (κ3) is 3.26. The van der Waals surface area contributed by atoms with Crippen molar-refractivity contribution in [3.8, 4) is 0 Å². The van der Waals surface area contributed by atoms with E-state index in [1.165, 1.54) is 4.90 Å². The summed E-state index contributed by atoms with van der Waals surface area (Å²) in [4.78, 5) is 25.6. The smallest absolute Gasteiger partial charge is 0.248 e. The maximum atomic E-state index is 12.5. The Morgan fingerprint density at radius 3 is 2.42 bits per heavy atom. The Balaban J connectivity index is 2.11. The largest absolute Gasteiger partial charge is 0.340 e. The number of hydrogen-bond donors (Lipinski definition) is 1. The number of nitrogens with zero attached hydrogens (tertiary/aromatic N) is 1. The molecule has 108 valence electrons. The van der Waals surface area contributed by atoms with E-state index < -0.39 is 15.4 Å². The van der Waals surface area contributed by atoms with Gasteiger partial charge in [-0.2, -0.15) is 0 Å². The normalized spacial score (nSPS) is 23.5. The Kier molecular flexibility index (Phi) is 3.85. The Morgan fingerprint density at radius 1 is 1.21 bits per heavy atom. The van der Waals surface area contributed by atoms with Crippen LogP contribution in [0.3, 0.4) is 0 Å². The van der Waals surface area contributed by atoms with Crippen LogP contribution in [0.5, 0.6) is 0 Å². The standard InChI is InChI=1S/C12H20N2O4S/c1-19(17,18)8-7-14-9-10(15)13-12(11(14)16)5-3-2-4-6-12/h2-9H2,1H3,(H,13,15). The van der Waals surface area contributed by atoms with Crippen molar-refractivity contribution in [3.63, 3.8) is 0 Å². The van der Waals surface area contributed by atoms with E-state index >= 15 is 0 Å². The molecular formula is C12H20N2O4S. The average molecular weight is 288 g/mol. The number of sulfone groups is 1. The Bertz CT molecular complexity index is 480. The third-order valence-electron chi connectivity index (χ3n) is 3.85. The maximum Gasteiger partial charge on any atom is 0.248 e. The molecule has 1 saturated heterocycles. The molecule has 19 heavy (non-hydrogen) atoms. The zero-order chi connectivity index (χ0) is 14.1. The van der Waals surface area contributed by atoms with E-state index in [9.17, 15) is 18.0 Å². The second-order valence-corrected chi connectivity index (χ2v) is 7.81. The van der Waals surface area contributed by atoms with Crippen LogP contribution in [0.15, 0.2) is 0 Å². The van der Waals surface area contributed by atoms with Gasteiger partial charge in [0, 0.05) is 12.8 Å². The molecule has 2 amide bonds. The second-order valence-electron chi connectivity index (χ2n) is 5.55. The predicted octanol–water partition coefficient (Wildman–Crippen LogP) is -0.308. The lowest BCUT2D eigenvalue weighted by atomic mass is 9.79. The molecule has 6 nitrogen and oxygen atoms in total. The highest BCUT2D eigenvalue weighted by molar-refractivity contribution is 7.90. The van der Waals surface area contributed by atoms with E-state index in [1.54, 1.807) is 0 Å². The highest BCUT2D eigenvalue weighted by atomic mass is 32.2. The van der Waals surface area contributed by atoms with Crippen LogP contribution in [0, 0.1) is 0 Å². The first-order valence-electron chi connectivity index (χ1n) is 6.61. The summed E-state index contributed by atoms with van der Waals surface area (Å²) in [6.45, 7) is 0.0724. The molecule has 1 heterocycles. The summed E-state index contributed by atoms with van der Waals surface area (Å²) in [5, 5.41) is 2.83. The summed E-state index contributed by atoms with van der Waals surface area (Å²) in [6.07, 6.45) is 5.38. The van der Waals surface area contributed by atoms with E-state index in [0.29, 0.717) is 12.8 Å². The van der Waals surface area contributed by atoms with Gasteiger partial charge in [0.05, 0.1) is 12.3 Å². The fraction of sp³-hybridized carbons (Fsp3) is 0.833. The lowest BCUT2D eigenvalue weighted by Crippen LogP contribution is -2.67. The van der Waals surface area contributed by atoms with Crippen molar-refractivity contribution in [2.24, 2.45) is 0 Å². The van der Waals surface area contributed by atoms with Crippen LogP contribution in [0.25, 0.3) is 0 Å². The Morgan fingerprint density at radius 2 is 1.84 bits per heavy atom. The van der Waals surface area contributed by atoms with Crippen LogP contribution >= 0.6 is 0 Å². The fourth-order valence-electron chi connectivity index (χ4n) is 2.86. The molecule has 0 radical (unpaired) electrons. The van der Waals surface area contributed by atoms with Gasteiger partial charge < -0.3 is 10.2 Å². The van der Waals surface area contributed by atoms with Gasteiger partial charge in [-0.3, -0.25) is 9.59 Å². The summed E-state index contributed by atoms with van der Waals surface area (Å²) in [7, 11) is -3.13. The molecule has 0 aromatic carbocycles. The van der Waals surface area contributed by atoms with Gasteiger partial charge in [0.1, 0.15) is 15.4 Å². The molecule has 7 heteroatoms. The van der Waals surface area contributed by atoms with Crippen molar-refractivity contribution in [1.29, 1.82) is 0 Å². The number of amides is 2. The van der Waals surface area contributed by atoms with Crippen molar-refractivity contribution in [2.75, 3.05) is 25.1 Å². The molecular weight excluding hydrogens is 268 g/mol. The molecule has 1 saturated carbocycles. The van der Waals surface area contributed by atoms with Crippen LogP contribution in [-0.2, 0) is 19.4 Å². The van der Waals surface area contributed by atoms with Crippen molar-refractivity contribution in [3.05, 3.63) is 0 Å². The fourth-order valence-corrected chi connectivity index (χ4v) is 3.41. The highest BCUT2D eigenvalue weighted by Crippen LogP contribution is 2.31. The van der Waals surface area contributed by atoms with Crippen LogP contribution < -0.4 is 5.32 Å². The van der Waals surface area contributed by atoms with Crippen molar-refractivity contribution in [1.82, 2.24) is 10.2 Å². The summed E-state index contributed by atoms with van der Waals surface area (Å²) in [5.74, 6) is -0.396. The molecule has 2 fully saturated rings. The van der Waals surface area contributed by atoms with Crippen LogP contribution in [0.1, 0.15) is 32.1 Å². The monoisotopic (exact) mass is 288 g/mol. The molecule has 1 spiro atoms. The molecule has 1 N–H and O–H groups in total. The minimum absolute atomic E-state index is 0.0316. The summed E-state index contributed by atoms with van der Waals surface area (Å²) < 4.78 is 22.4. The summed E-state index contributed by atoms with van der Waals surface area (Å²) in [6, 6.07) is 0. The first-order valence-corrected chi connectivity index (χ1v) is 8.67. The lowest BCUT2D eigenvalue weighted by Gasteiger charge is -2.44. The van der Waals surface area contributed by atoms with E-state index in [1.807, 2.05) is 0 Å². The van der Waals surface area contributed by atoms with E-state index in [4.69, 9.17) is 0 Å². The van der Waals surface area contributed by atoms with Gasteiger partial charge >= 0.3 is 0 Å². The summed E-state index contributed by atoms with van der Waals surface area (Å²) in [5.41, 5.74) is -0.773. The topological polar surface area (TPSA) is 83.6 Å². The molecule has 0 atom stereocenters. The van der Waals surface area contributed by atoms with Gasteiger partial charge in [0.2, 0.25) is 11.8 Å². The molecule has 0 aromatic heterocycles. The number of hydrogen-bond acceptors (Lipinski definition) is 4. The minimum atomic E-state index is -3.13. The number of carbonyl (C=O) groups excluding carboxylic acids is 2. The Labute approximate surface area is 113 Å². The van der Waals surface area contributed by atoms with Crippen LogP contribution in [0.2, 0.25) is 0 Å². The molecule has 1 aliphatic carbocycles. The molecule has 0 bridgehead atoms. The van der Waals surface area contributed by atoms with Gasteiger partial charge in [-0.15, -0.1) is 0 Å². The SMILES string of the molecule is CS(=O)(=O)CCN1CC(=O)NC2(CCCCC2)C1=O. The van der Waals surface area contributed by atoms with Gasteiger partial charge in [-0.25, -0.2) is 8.42 Å². The number of rotatable bonds is 3. The number of carbonyl (C=O) groups is 2. The summed E-state index contributed by atoms with van der Waals surface area (Å²) >= 11 is 0. The van der Waals surface area contributed by atoms with Crippen molar-refractivity contribution < 1.29 is 18.0 Å². The number of nitrogens with one attached hydrogen (secondary N) is 1. The zero-order valence-corrected chi connectivity index (χ0v) is 12.0. The molecule has 0 unspecified atom stereocenters. The van der Waals surface area contributed by atoms with Gasteiger partial charge in [0.15, 0.2) is 0 Å². The molecule has 2 rings (SSSR count). The van der Waals surface area contributed by atoms with Crippen molar-refractivity contribution >= 4 is 21.7 Å². The predicted molar refractivity (Wildman–Crippen MR) is 70.2 cm³/mol. The van der Waals surface area contributed by atoms with Gasteiger partial charge in [-0.05, 0) is 12.8 Å². The highest BCUT2D eigenvalue weighted by Gasteiger charge is 2.46. The third-order valence-corrected chi connectivity index (χ3v) is 4.77. The zero-order valence-electron chi connectivity index (χ0n) is 11.1. The molecule has 2 aliphatic rings. The van der Waals surface area contributed by atoms with Crippen LogP contribution in [-0.4, -0.2) is 55.8 Å². The second kappa shape index (κ2) is 5.11. The van der Waals surface area contributed by atoms with E-state index in [-0.39, 0.29) is 30.7 Å².